The van der Waals surface area contributed by atoms with E-state index in [1.54, 1.807) is 42.3 Å². The Morgan fingerprint density at radius 2 is 1.71 bits per heavy atom. The van der Waals surface area contributed by atoms with Crippen LogP contribution in [0.2, 0.25) is 0 Å². The Hall–Kier alpha value is -2.91. The topological polar surface area (TPSA) is 96.0 Å². The number of nitrogens with zero attached hydrogens (tertiary/aromatic N) is 2. The highest BCUT2D eigenvalue weighted by atomic mass is 32.2. The van der Waals surface area contributed by atoms with Crippen molar-refractivity contribution in [3.8, 4) is 5.75 Å². The summed E-state index contributed by atoms with van der Waals surface area (Å²) in [5.74, 6) is 0.165. The fourth-order valence-electron chi connectivity index (χ4n) is 5.36. The second kappa shape index (κ2) is 11.5. The molecule has 3 rings (SSSR count). The monoisotopic (exact) mass is 543 g/mol. The third-order valence-corrected chi connectivity index (χ3v) is 8.24. The average Bonchev–Trinajstić information content (AvgIpc) is 2.82. The van der Waals surface area contributed by atoms with E-state index < -0.39 is 21.6 Å². The number of sulfonamides is 1. The van der Waals surface area contributed by atoms with E-state index in [-0.39, 0.29) is 35.1 Å². The minimum atomic E-state index is -3.75. The SMILES string of the molecule is COc1cccc(C2C(=O)N(C(C)(C)CC(C)(C)C)CCN2C(=O)CCNS(=O)(=O)c2ccc(C)cc2)c1. The van der Waals surface area contributed by atoms with Gasteiger partial charge in [-0.1, -0.05) is 50.6 Å². The summed E-state index contributed by atoms with van der Waals surface area (Å²) < 4.78 is 33.2. The zero-order valence-electron chi connectivity index (χ0n) is 23.6. The van der Waals surface area contributed by atoms with Crippen molar-refractivity contribution in [2.24, 2.45) is 5.41 Å². The highest BCUT2D eigenvalue weighted by Crippen LogP contribution is 2.37. The lowest BCUT2D eigenvalue weighted by molar-refractivity contribution is -0.157. The lowest BCUT2D eigenvalue weighted by Gasteiger charge is -2.49. The molecule has 1 heterocycles. The van der Waals surface area contributed by atoms with E-state index in [2.05, 4.69) is 39.3 Å². The molecule has 2 amide bonds. The van der Waals surface area contributed by atoms with Crippen LogP contribution in [0.1, 0.15) is 64.6 Å². The molecule has 1 atom stereocenters. The molecule has 0 bridgehead atoms. The fourth-order valence-corrected chi connectivity index (χ4v) is 6.39. The van der Waals surface area contributed by atoms with Gasteiger partial charge in [-0.3, -0.25) is 9.59 Å². The van der Waals surface area contributed by atoms with E-state index >= 15 is 0 Å². The summed E-state index contributed by atoms with van der Waals surface area (Å²) in [5.41, 5.74) is 1.22. The van der Waals surface area contributed by atoms with Gasteiger partial charge in [0.2, 0.25) is 15.9 Å². The number of aryl methyl sites for hydroxylation is 1. The maximum absolute atomic E-state index is 14.0. The van der Waals surface area contributed by atoms with Crippen LogP contribution in [0.3, 0.4) is 0 Å². The Morgan fingerprint density at radius 1 is 1.05 bits per heavy atom. The number of carbonyl (C=O) groups is 2. The number of amides is 2. The van der Waals surface area contributed by atoms with Gasteiger partial charge in [0.15, 0.2) is 0 Å². The van der Waals surface area contributed by atoms with Crippen molar-refractivity contribution in [3.05, 3.63) is 59.7 Å². The van der Waals surface area contributed by atoms with Crippen molar-refractivity contribution in [2.45, 2.75) is 70.9 Å². The zero-order chi connectivity index (χ0) is 28.3. The van der Waals surface area contributed by atoms with Crippen LogP contribution in [0, 0.1) is 12.3 Å². The van der Waals surface area contributed by atoms with Crippen LogP contribution >= 0.6 is 0 Å². The van der Waals surface area contributed by atoms with E-state index in [9.17, 15) is 18.0 Å². The number of hydrogen-bond acceptors (Lipinski definition) is 5. The number of carbonyl (C=O) groups excluding carboxylic acids is 2. The molecule has 2 aromatic rings. The Morgan fingerprint density at radius 3 is 2.32 bits per heavy atom. The van der Waals surface area contributed by atoms with E-state index in [0.29, 0.717) is 24.4 Å². The molecule has 38 heavy (non-hydrogen) atoms. The first-order chi connectivity index (χ1) is 17.6. The van der Waals surface area contributed by atoms with Gasteiger partial charge in [-0.2, -0.15) is 0 Å². The molecular weight excluding hydrogens is 502 g/mol. The van der Waals surface area contributed by atoms with Crippen LogP contribution in [0.4, 0.5) is 0 Å². The third-order valence-electron chi connectivity index (χ3n) is 6.76. The van der Waals surface area contributed by atoms with Gasteiger partial charge in [-0.05, 0) is 62.4 Å². The van der Waals surface area contributed by atoms with Crippen LogP contribution in [-0.4, -0.2) is 62.3 Å². The summed E-state index contributed by atoms with van der Waals surface area (Å²) in [5, 5.41) is 0. The number of ether oxygens (including phenoxy) is 1. The molecule has 2 aromatic carbocycles. The van der Waals surface area contributed by atoms with Crippen molar-refractivity contribution < 1.29 is 22.7 Å². The number of hydrogen-bond donors (Lipinski definition) is 1. The summed E-state index contributed by atoms with van der Waals surface area (Å²) in [6.45, 7) is 13.2. The van der Waals surface area contributed by atoms with Crippen LogP contribution in [0.15, 0.2) is 53.4 Å². The maximum atomic E-state index is 14.0. The maximum Gasteiger partial charge on any atom is 0.250 e. The number of benzene rings is 2. The number of nitrogens with one attached hydrogen (secondary N) is 1. The Labute approximate surface area is 227 Å². The van der Waals surface area contributed by atoms with Crippen molar-refractivity contribution >= 4 is 21.8 Å². The molecular formula is C29H41N3O5S. The predicted molar refractivity (Wildman–Crippen MR) is 148 cm³/mol. The summed E-state index contributed by atoms with van der Waals surface area (Å²) in [6, 6.07) is 12.9. The minimum absolute atomic E-state index is 0.0107. The first kappa shape index (κ1) is 29.6. The van der Waals surface area contributed by atoms with Crippen molar-refractivity contribution in [2.75, 3.05) is 26.7 Å². The molecule has 1 saturated heterocycles. The first-order valence-electron chi connectivity index (χ1n) is 13.0. The van der Waals surface area contributed by atoms with E-state index in [1.807, 2.05) is 17.9 Å². The summed E-state index contributed by atoms with van der Waals surface area (Å²) in [6.07, 6.45) is 0.732. The van der Waals surface area contributed by atoms with Gasteiger partial charge in [0, 0.05) is 31.6 Å². The third kappa shape index (κ3) is 7.14. The van der Waals surface area contributed by atoms with Gasteiger partial charge in [0.05, 0.1) is 12.0 Å². The second-order valence-electron chi connectivity index (χ2n) is 11.8. The van der Waals surface area contributed by atoms with Gasteiger partial charge < -0.3 is 14.5 Å². The molecule has 9 heteroatoms. The normalized spacial score (nSPS) is 17.0. The van der Waals surface area contributed by atoms with Crippen molar-refractivity contribution in [1.82, 2.24) is 14.5 Å². The van der Waals surface area contributed by atoms with Crippen LogP contribution in [-0.2, 0) is 19.6 Å². The molecule has 1 unspecified atom stereocenters. The Kier molecular flexibility index (Phi) is 8.93. The van der Waals surface area contributed by atoms with Gasteiger partial charge >= 0.3 is 0 Å². The summed E-state index contributed by atoms with van der Waals surface area (Å²) in [4.78, 5) is 31.0. The van der Waals surface area contributed by atoms with Crippen LogP contribution in [0.5, 0.6) is 5.75 Å². The lowest BCUT2D eigenvalue weighted by atomic mass is 9.80. The number of rotatable bonds is 9. The van der Waals surface area contributed by atoms with Crippen molar-refractivity contribution in [1.29, 1.82) is 0 Å². The zero-order valence-corrected chi connectivity index (χ0v) is 24.4. The molecule has 208 valence electrons. The van der Waals surface area contributed by atoms with E-state index in [0.717, 1.165) is 12.0 Å². The molecule has 0 aliphatic carbocycles. The van der Waals surface area contributed by atoms with Gasteiger partial charge in [0.25, 0.3) is 5.91 Å². The summed E-state index contributed by atoms with van der Waals surface area (Å²) >= 11 is 0. The van der Waals surface area contributed by atoms with Crippen molar-refractivity contribution in [3.63, 3.8) is 0 Å². The molecule has 1 fully saturated rings. The quantitative estimate of drug-likeness (QED) is 0.509. The highest BCUT2D eigenvalue weighted by molar-refractivity contribution is 7.89. The molecule has 0 radical (unpaired) electrons. The highest BCUT2D eigenvalue weighted by Gasteiger charge is 2.44. The van der Waals surface area contributed by atoms with Gasteiger partial charge in [-0.25, -0.2) is 13.1 Å². The van der Waals surface area contributed by atoms with E-state index in [4.69, 9.17) is 4.74 Å². The molecule has 0 spiro atoms. The average molecular weight is 544 g/mol. The standard InChI is InChI=1S/C29H41N3O5S/c1-21-11-13-24(14-12-21)38(35,36)30-16-15-25(33)31-17-18-32(29(5,6)20-28(2,3)4)27(34)26(31)22-9-8-10-23(19-22)37-7/h8-14,19,26,30H,15-18,20H2,1-7H3. The molecule has 0 aromatic heterocycles. The Balaban J connectivity index is 1.82. The summed E-state index contributed by atoms with van der Waals surface area (Å²) in [7, 11) is -2.19. The lowest BCUT2D eigenvalue weighted by Crippen LogP contribution is -2.60. The van der Waals surface area contributed by atoms with Crippen LogP contribution < -0.4 is 9.46 Å². The largest absolute Gasteiger partial charge is 0.497 e. The smallest absolute Gasteiger partial charge is 0.250 e. The molecule has 1 aliphatic rings. The number of methoxy groups -OCH3 is 1. The first-order valence-corrected chi connectivity index (χ1v) is 14.4. The Bertz CT molecular complexity index is 1250. The number of piperazine rings is 1. The van der Waals surface area contributed by atoms with Crippen LogP contribution in [0.25, 0.3) is 0 Å². The van der Waals surface area contributed by atoms with Gasteiger partial charge in [0.1, 0.15) is 11.8 Å². The molecule has 1 aliphatic heterocycles. The van der Waals surface area contributed by atoms with E-state index in [1.165, 1.54) is 12.1 Å². The second-order valence-corrected chi connectivity index (χ2v) is 13.5. The fraction of sp³-hybridized carbons (Fsp3) is 0.517. The molecule has 0 saturated carbocycles. The molecule has 1 N–H and O–H groups in total. The minimum Gasteiger partial charge on any atom is -0.497 e. The molecule has 8 nitrogen and oxygen atoms in total. The predicted octanol–water partition coefficient (Wildman–Crippen LogP) is 4.30. The van der Waals surface area contributed by atoms with Gasteiger partial charge in [-0.15, -0.1) is 0 Å².